The predicted molar refractivity (Wildman–Crippen MR) is 118 cm³/mol. The highest BCUT2D eigenvalue weighted by molar-refractivity contribution is 5.70. The van der Waals surface area contributed by atoms with Crippen LogP contribution in [0.5, 0.6) is 11.5 Å². The molecule has 2 aliphatic carbocycles. The normalized spacial score (nSPS) is 23.6. The van der Waals surface area contributed by atoms with Crippen molar-refractivity contribution in [2.45, 2.75) is 62.9 Å². The summed E-state index contributed by atoms with van der Waals surface area (Å²) in [6.07, 6.45) is 10.9. The Morgan fingerprint density at radius 1 is 1.06 bits per heavy atom. The maximum Gasteiger partial charge on any atom is 0.306 e. The van der Waals surface area contributed by atoms with E-state index in [9.17, 15) is 9.90 Å². The fraction of sp³-hybridized carbons (Fsp3) is 0.462. The first-order chi connectivity index (χ1) is 15.1. The van der Waals surface area contributed by atoms with Crippen molar-refractivity contribution in [1.82, 2.24) is 4.98 Å². The lowest BCUT2D eigenvalue weighted by molar-refractivity contribution is -0.143. The zero-order valence-corrected chi connectivity index (χ0v) is 18.0. The largest absolute Gasteiger partial charge is 0.493 e. The highest BCUT2D eigenvalue weighted by Crippen LogP contribution is 2.44. The van der Waals surface area contributed by atoms with Gasteiger partial charge in [0.1, 0.15) is 0 Å². The molecule has 0 radical (unpaired) electrons. The first-order valence-corrected chi connectivity index (χ1v) is 11.1. The van der Waals surface area contributed by atoms with Crippen LogP contribution in [0, 0.1) is 17.8 Å². The van der Waals surface area contributed by atoms with E-state index in [1.807, 2.05) is 18.2 Å². The highest BCUT2D eigenvalue weighted by atomic mass is 16.5. The molecule has 0 amide bonds. The molecular formula is C26H29NO4. The monoisotopic (exact) mass is 419 g/mol. The van der Waals surface area contributed by atoms with Crippen LogP contribution in [0.2, 0.25) is 0 Å². The molecule has 0 spiro atoms. The van der Waals surface area contributed by atoms with Gasteiger partial charge in [-0.3, -0.25) is 9.78 Å². The van der Waals surface area contributed by atoms with E-state index in [4.69, 9.17) is 9.47 Å². The fourth-order valence-corrected chi connectivity index (χ4v) is 4.72. The number of hydrogen-bond acceptors (Lipinski definition) is 4. The van der Waals surface area contributed by atoms with Gasteiger partial charge in [-0.15, -0.1) is 0 Å². The molecule has 1 heterocycles. The Balaban J connectivity index is 1.69. The SMILES string of the molecule is COc1ccc([C@]2(C#Cc3ccncc3)CC[C@@H](C(=O)O)CC2)cc1OC1CCCC1. The number of rotatable bonds is 5. The van der Waals surface area contributed by atoms with E-state index in [1.54, 1.807) is 19.5 Å². The molecule has 1 aromatic carbocycles. The summed E-state index contributed by atoms with van der Waals surface area (Å²) in [7, 11) is 1.66. The van der Waals surface area contributed by atoms with Crippen LogP contribution in [0.15, 0.2) is 42.7 Å². The van der Waals surface area contributed by atoms with Crippen LogP contribution >= 0.6 is 0 Å². The summed E-state index contributed by atoms with van der Waals surface area (Å²) < 4.78 is 11.9. The summed E-state index contributed by atoms with van der Waals surface area (Å²) in [5, 5.41) is 9.48. The Morgan fingerprint density at radius 2 is 1.77 bits per heavy atom. The lowest BCUT2D eigenvalue weighted by atomic mass is 9.67. The standard InChI is InChI=1S/C26H29NO4/c1-30-23-7-6-21(18-24(23)31-22-4-2-3-5-22)26(13-8-19-11-16-27-17-12-19)14-9-20(10-15-26)25(28)29/h6-7,11-12,16-18,20,22H,2-5,9-10,14-15H2,1H3,(H,28,29)/t20-,26-. The number of pyridine rings is 1. The molecule has 1 aromatic heterocycles. The fourth-order valence-electron chi connectivity index (χ4n) is 4.72. The molecule has 5 nitrogen and oxygen atoms in total. The molecule has 0 unspecified atom stereocenters. The van der Waals surface area contributed by atoms with Gasteiger partial charge in [-0.25, -0.2) is 0 Å². The summed E-state index contributed by atoms with van der Waals surface area (Å²) >= 11 is 0. The van der Waals surface area contributed by atoms with E-state index in [-0.39, 0.29) is 12.0 Å². The van der Waals surface area contributed by atoms with Gasteiger partial charge in [0, 0.05) is 18.0 Å². The molecule has 2 aliphatic rings. The molecule has 5 heteroatoms. The summed E-state index contributed by atoms with van der Waals surface area (Å²) in [6.45, 7) is 0. The van der Waals surface area contributed by atoms with Crippen LogP contribution in [0.25, 0.3) is 0 Å². The van der Waals surface area contributed by atoms with Crippen molar-refractivity contribution < 1.29 is 19.4 Å². The van der Waals surface area contributed by atoms with Crippen LogP contribution in [0.3, 0.4) is 0 Å². The van der Waals surface area contributed by atoms with Gasteiger partial charge in [-0.1, -0.05) is 17.9 Å². The third kappa shape index (κ3) is 4.85. The van der Waals surface area contributed by atoms with Gasteiger partial charge in [0.2, 0.25) is 0 Å². The quantitative estimate of drug-likeness (QED) is 0.693. The summed E-state index contributed by atoms with van der Waals surface area (Å²) in [5.74, 6) is 7.30. The highest BCUT2D eigenvalue weighted by Gasteiger charge is 2.38. The third-order valence-corrected chi connectivity index (χ3v) is 6.63. The number of aliphatic carboxylic acids is 1. The van der Waals surface area contributed by atoms with E-state index in [1.165, 1.54) is 12.8 Å². The minimum absolute atomic E-state index is 0.228. The molecule has 0 bridgehead atoms. The van der Waals surface area contributed by atoms with Crippen LogP contribution in [-0.2, 0) is 10.2 Å². The molecule has 162 valence electrons. The van der Waals surface area contributed by atoms with Crippen molar-refractivity contribution in [2.75, 3.05) is 7.11 Å². The van der Waals surface area contributed by atoms with Gasteiger partial charge in [0.05, 0.1) is 24.5 Å². The van der Waals surface area contributed by atoms with Crippen LogP contribution in [-0.4, -0.2) is 29.3 Å². The zero-order chi connectivity index (χ0) is 21.7. The first-order valence-electron chi connectivity index (χ1n) is 11.1. The van der Waals surface area contributed by atoms with E-state index >= 15 is 0 Å². The van der Waals surface area contributed by atoms with Crippen LogP contribution < -0.4 is 9.47 Å². The molecule has 1 N–H and O–H groups in total. The Kier molecular flexibility index (Phi) is 6.46. The predicted octanol–water partition coefficient (Wildman–Crippen LogP) is 4.98. The molecule has 4 rings (SSSR count). The van der Waals surface area contributed by atoms with E-state index in [0.29, 0.717) is 25.7 Å². The molecule has 0 atom stereocenters. The zero-order valence-electron chi connectivity index (χ0n) is 18.0. The molecule has 2 fully saturated rings. The lowest BCUT2D eigenvalue weighted by Gasteiger charge is -2.36. The van der Waals surface area contributed by atoms with Crippen molar-refractivity contribution >= 4 is 5.97 Å². The van der Waals surface area contributed by atoms with Crippen molar-refractivity contribution in [3.05, 3.63) is 53.9 Å². The Morgan fingerprint density at radius 3 is 2.42 bits per heavy atom. The second kappa shape index (κ2) is 9.43. The van der Waals surface area contributed by atoms with E-state index < -0.39 is 11.4 Å². The van der Waals surface area contributed by atoms with Gasteiger partial charge in [0.15, 0.2) is 11.5 Å². The Bertz CT molecular complexity index is 962. The maximum atomic E-state index is 11.5. The van der Waals surface area contributed by atoms with Crippen LogP contribution in [0.1, 0.15) is 62.5 Å². The molecule has 2 saturated carbocycles. The van der Waals surface area contributed by atoms with Crippen molar-refractivity contribution in [2.24, 2.45) is 5.92 Å². The first kappa shape index (κ1) is 21.2. The maximum absolute atomic E-state index is 11.5. The van der Waals surface area contributed by atoms with Gasteiger partial charge in [-0.05, 0) is 81.2 Å². The van der Waals surface area contributed by atoms with E-state index in [2.05, 4.69) is 29.0 Å². The number of methoxy groups -OCH3 is 1. The average molecular weight is 420 g/mol. The number of aromatic nitrogens is 1. The third-order valence-electron chi connectivity index (χ3n) is 6.63. The minimum atomic E-state index is -0.712. The molecular weight excluding hydrogens is 390 g/mol. The molecule has 0 aliphatic heterocycles. The summed E-state index contributed by atoms with van der Waals surface area (Å²) in [6, 6.07) is 9.87. The molecule has 2 aromatic rings. The van der Waals surface area contributed by atoms with Gasteiger partial charge < -0.3 is 14.6 Å². The number of benzene rings is 1. The second-order valence-electron chi connectivity index (χ2n) is 8.57. The Hall–Kier alpha value is -3.00. The molecule has 0 saturated heterocycles. The van der Waals surface area contributed by atoms with Crippen molar-refractivity contribution in [3.8, 4) is 23.3 Å². The smallest absolute Gasteiger partial charge is 0.306 e. The van der Waals surface area contributed by atoms with Gasteiger partial charge in [0.25, 0.3) is 0 Å². The van der Waals surface area contributed by atoms with Gasteiger partial charge >= 0.3 is 5.97 Å². The second-order valence-corrected chi connectivity index (χ2v) is 8.57. The average Bonchev–Trinajstić information content (AvgIpc) is 3.32. The number of ether oxygens (including phenoxy) is 2. The Labute approximate surface area is 183 Å². The lowest BCUT2D eigenvalue weighted by Crippen LogP contribution is -2.33. The molecule has 31 heavy (non-hydrogen) atoms. The topological polar surface area (TPSA) is 68.7 Å². The van der Waals surface area contributed by atoms with Gasteiger partial charge in [-0.2, -0.15) is 0 Å². The summed E-state index contributed by atoms with van der Waals surface area (Å²) in [5.41, 5.74) is 1.58. The van der Waals surface area contributed by atoms with E-state index in [0.717, 1.165) is 35.5 Å². The summed E-state index contributed by atoms with van der Waals surface area (Å²) in [4.78, 5) is 15.6. The van der Waals surface area contributed by atoms with Crippen molar-refractivity contribution in [1.29, 1.82) is 0 Å². The number of carboxylic acid groups (broad SMARTS) is 1. The number of nitrogens with zero attached hydrogens (tertiary/aromatic N) is 1. The van der Waals surface area contributed by atoms with Crippen LogP contribution in [0.4, 0.5) is 0 Å². The minimum Gasteiger partial charge on any atom is -0.493 e. The number of carboxylic acids is 1. The van der Waals surface area contributed by atoms with Crippen molar-refractivity contribution in [3.63, 3.8) is 0 Å². The number of hydrogen-bond donors (Lipinski definition) is 1. The number of carbonyl (C=O) groups is 1.